The van der Waals surface area contributed by atoms with Crippen molar-refractivity contribution in [1.29, 1.82) is 0 Å². The molecule has 1 heterocycles. The Kier molecular flexibility index (Phi) is 8.44. The highest BCUT2D eigenvalue weighted by Crippen LogP contribution is 2.30. The summed E-state index contributed by atoms with van der Waals surface area (Å²) < 4.78 is 55.7. The average Bonchev–Trinajstić information content (AvgIpc) is 3.19. The Morgan fingerprint density at radius 1 is 0.658 bits per heavy atom. The summed E-state index contributed by atoms with van der Waals surface area (Å²) in [6.07, 6.45) is 3.53. The van der Waals surface area contributed by atoms with Gasteiger partial charge >= 0.3 is 0 Å². The van der Waals surface area contributed by atoms with Gasteiger partial charge in [0.1, 0.15) is 0 Å². The van der Waals surface area contributed by atoms with Crippen LogP contribution in [-0.2, 0) is 20.0 Å². The van der Waals surface area contributed by atoms with Gasteiger partial charge in [0, 0.05) is 0 Å². The summed E-state index contributed by atoms with van der Waals surface area (Å²) in [7, 11) is -9.15. The molecule has 0 N–H and O–H groups in total. The van der Waals surface area contributed by atoms with Crippen molar-refractivity contribution in [1.82, 2.24) is 8.61 Å². The van der Waals surface area contributed by atoms with Gasteiger partial charge in [-0.05, 0) is 42.8 Å². The second kappa shape index (κ2) is 11.6. The van der Waals surface area contributed by atoms with Crippen LogP contribution in [0.15, 0.2) is 94.7 Å². The molecule has 10 heteroatoms. The summed E-state index contributed by atoms with van der Waals surface area (Å²) in [6.45, 7) is 1.45. The summed E-state index contributed by atoms with van der Waals surface area (Å²) >= 11 is 0. The third-order valence-corrected chi connectivity index (χ3v) is 10.8. The van der Waals surface area contributed by atoms with Crippen molar-refractivity contribution < 1.29 is 26.4 Å². The average molecular weight is 555 g/mol. The maximum absolute atomic E-state index is 13.8. The van der Waals surface area contributed by atoms with Gasteiger partial charge in [-0.25, -0.2) is 16.8 Å². The number of rotatable bonds is 12. The van der Waals surface area contributed by atoms with Gasteiger partial charge in [0.05, 0.1) is 33.5 Å². The van der Waals surface area contributed by atoms with Gasteiger partial charge in [-0.2, -0.15) is 0 Å². The highest BCUT2D eigenvalue weighted by molar-refractivity contribution is 8.04. The van der Waals surface area contributed by atoms with Gasteiger partial charge in [0.25, 0.3) is 31.9 Å². The Labute approximate surface area is 224 Å². The van der Waals surface area contributed by atoms with Gasteiger partial charge in [0.2, 0.25) is 0 Å². The minimum Gasteiger partial charge on any atom is -0.270 e. The van der Waals surface area contributed by atoms with Crippen LogP contribution in [-0.4, -0.2) is 49.8 Å². The number of hydrogen-bond acceptors (Lipinski definition) is 6. The van der Waals surface area contributed by atoms with Crippen LogP contribution in [0.3, 0.4) is 0 Å². The first kappa shape index (κ1) is 27.7. The molecule has 3 aromatic carbocycles. The molecule has 1 aliphatic heterocycles. The first-order valence-electron chi connectivity index (χ1n) is 12.5. The molecule has 0 saturated carbocycles. The molecule has 200 valence electrons. The maximum atomic E-state index is 13.8. The fraction of sp³-hybridized carbons (Fsp3) is 0.286. The fourth-order valence-electron chi connectivity index (χ4n) is 4.57. The summed E-state index contributed by atoms with van der Waals surface area (Å²) in [6, 6.07) is 20.0. The van der Waals surface area contributed by atoms with Crippen molar-refractivity contribution in [3.05, 3.63) is 96.1 Å². The van der Waals surface area contributed by atoms with Crippen molar-refractivity contribution in [2.45, 2.75) is 54.9 Å². The predicted molar refractivity (Wildman–Crippen MR) is 143 cm³/mol. The normalized spacial score (nSPS) is 14.6. The lowest BCUT2D eigenvalue weighted by Crippen LogP contribution is -2.50. The number of amides is 2. The fourth-order valence-corrected chi connectivity index (χ4v) is 8.32. The van der Waals surface area contributed by atoms with Crippen molar-refractivity contribution in [2.75, 3.05) is 6.54 Å². The lowest BCUT2D eigenvalue weighted by molar-refractivity contribution is 0.0565. The molecule has 0 bridgehead atoms. The number of benzene rings is 3. The summed E-state index contributed by atoms with van der Waals surface area (Å²) in [4.78, 5) is 27.3. The first-order valence-corrected chi connectivity index (χ1v) is 15.4. The van der Waals surface area contributed by atoms with Crippen LogP contribution in [0.1, 0.15) is 59.7 Å². The minimum atomic E-state index is -4.57. The Morgan fingerprint density at radius 3 is 1.55 bits per heavy atom. The predicted octanol–water partition coefficient (Wildman–Crippen LogP) is 4.70. The number of sulfonamides is 2. The van der Waals surface area contributed by atoms with E-state index in [2.05, 4.69) is 0 Å². The Hall–Kier alpha value is -3.34. The number of unbranched alkanes of at least 4 members (excludes halogenated alkanes) is 3. The molecule has 0 fully saturated rings. The second-order valence-electron chi connectivity index (χ2n) is 9.12. The highest BCUT2D eigenvalue weighted by atomic mass is 32.3. The molecule has 8 nitrogen and oxygen atoms in total. The van der Waals surface area contributed by atoms with Crippen LogP contribution in [0.4, 0.5) is 0 Å². The van der Waals surface area contributed by atoms with Crippen LogP contribution in [0, 0.1) is 0 Å². The highest BCUT2D eigenvalue weighted by Gasteiger charge is 2.44. The third kappa shape index (κ3) is 5.43. The quantitative estimate of drug-likeness (QED) is 0.237. The second-order valence-corrected chi connectivity index (χ2v) is 13.1. The molecular formula is C28H30N2O6S2. The summed E-state index contributed by atoms with van der Waals surface area (Å²) in [5.41, 5.74) is 0.443. The van der Waals surface area contributed by atoms with Crippen molar-refractivity contribution in [3.8, 4) is 0 Å². The van der Waals surface area contributed by atoms with Gasteiger partial charge in [-0.3, -0.25) is 14.5 Å². The zero-order valence-electron chi connectivity index (χ0n) is 21.1. The number of imide groups is 1. The Bertz CT molecular complexity index is 1400. The standard InChI is InChI=1S/C28H30N2O6S2/c1-2-3-4-7-14-22(30-27(31)25-19-12-13-20-26(25)28(30)32)21-29(37(33,34)23-15-8-5-9-16-23)38(35,36)24-17-10-6-11-18-24/h5-6,8-13,15-20,22H,2-4,7,14,21H2,1H3. The van der Waals surface area contributed by atoms with Crippen LogP contribution in [0.2, 0.25) is 0 Å². The van der Waals surface area contributed by atoms with Crippen molar-refractivity contribution in [3.63, 3.8) is 0 Å². The molecule has 1 unspecified atom stereocenters. The Balaban J connectivity index is 1.80. The van der Waals surface area contributed by atoms with E-state index in [4.69, 9.17) is 0 Å². The Morgan fingerprint density at radius 2 is 1.11 bits per heavy atom. The van der Waals surface area contributed by atoms with E-state index in [1.54, 1.807) is 36.4 Å². The van der Waals surface area contributed by atoms with Crippen LogP contribution in [0.25, 0.3) is 0 Å². The molecule has 1 atom stereocenters. The van der Waals surface area contributed by atoms with Crippen LogP contribution >= 0.6 is 0 Å². The van der Waals surface area contributed by atoms with E-state index in [-0.39, 0.29) is 27.3 Å². The molecule has 2 amide bonds. The maximum Gasteiger partial charge on any atom is 0.261 e. The van der Waals surface area contributed by atoms with E-state index in [1.165, 1.54) is 48.5 Å². The van der Waals surface area contributed by atoms with Gasteiger partial charge in [-0.15, -0.1) is 0 Å². The molecule has 0 radical (unpaired) electrons. The number of nitrogens with zero attached hydrogens (tertiary/aromatic N) is 2. The van der Waals surface area contributed by atoms with E-state index >= 15 is 0 Å². The van der Waals surface area contributed by atoms with E-state index in [0.29, 0.717) is 10.1 Å². The SMILES string of the molecule is CCCCCCC(CN(S(=O)(=O)c1ccccc1)S(=O)(=O)c1ccccc1)N1C(=O)c2ccccc2C1=O. The molecule has 1 aliphatic rings. The largest absolute Gasteiger partial charge is 0.270 e. The van der Waals surface area contributed by atoms with E-state index in [0.717, 1.165) is 24.2 Å². The zero-order valence-corrected chi connectivity index (χ0v) is 22.7. The molecule has 0 aliphatic carbocycles. The van der Waals surface area contributed by atoms with Crippen LogP contribution < -0.4 is 0 Å². The monoisotopic (exact) mass is 554 g/mol. The number of fused-ring (bicyclic) bond motifs is 1. The summed E-state index contributed by atoms with van der Waals surface area (Å²) in [5, 5.41) is 0. The third-order valence-electron chi connectivity index (χ3n) is 6.56. The molecule has 0 spiro atoms. The van der Waals surface area contributed by atoms with Gasteiger partial charge in [0.15, 0.2) is 0 Å². The topological polar surface area (TPSA) is 109 Å². The molecule has 4 rings (SSSR count). The smallest absolute Gasteiger partial charge is 0.261 e. The zero-order chi connectivity index (χ0) is 27.3. The summed E-state index contributed by atoms with van der Waals surface area (Å²) in [5.74, 6) is -1.11. The first-order chi connectivity index (χ1) is 18.2. The molecular weight excluding hydrogens is 524 g/mol. The van der Waals surface area contributed by atoms with Gasteiger partial charge in [-0.1, -0.05) is 84.8 Å². The van der Waals surface area contributed by atoms with Crippen LogP contribution in [0.5, 0.6) is 0 Å². The van der Waals surface area contributed by atoms with Crippen molar-refractivity contribution in [2.24, 2.45) is 0 Å². The number of carbonyl (C=O) groups is 2. The minimum absolute atomic E-state index is 0.202. The lowest BCUT2D eigenvalue weighted by atomic mass is 10.1. The molecule has 0 aromatic heterocycles. The van der Waals surface area contributed by atoms with Crippen molar-refractivity contribution >= 4 is 31.9 Å². The van der Waals surface area contributed by atoms with E-state index in [9.17, 15) is 26.4 Å². The lowest BCUT2D eigenvalue weighted by Gasteiger charge is -2.31. The molecule has 0 saturated heterocycles. The number of carbonyl (C=O) groups excluding carboxylic acids is 2. The van der Waals surface area contributed by atoms with E-state index < -0.39 is 44.4 Å². The molecule has 38 heavy (non-hydrogen) atoms. The molecule has 3 aromatic rings. The van der Waals surface area contributed by atoms with E-state index in [1.807, 2.05) is 6.92 Å². The number of hydrogen-bond donors (Lipinski definition) is 0. The van der Waals surface area contributed by atoms with Gasteiger partial charge < -0.3 is 0 Å².